The van der Waals surface area contributed by atoms with Crippen molar-refractivity contribution in [1.82, 2.24) is 0 Å². The van der Waals surface area contributed by atoms with Crippen molar-refractivity contribution in [3.8, 4) is 23.3 Å². The van der Waals surface area contributed by atoms with Crippen molar-refractivity contribution in [2.24, 2.45) is 0 Å². The van der Waals surface area contributed by atoms with Crippen molar-refractivity contribution in [2.45, 2.75) is 33.1 Å². The van der Waals surface area contributed by atoms with Crippen molar-refractivity contribution in [2.75, 3.05) is 26.9 Å². The van der Waals surface area contributed by atoms with Crippen LogP contribution in [0.5, 0.6) is 17.2 Å². The van der Waals surface area contributed by atoms with Crippen LogP contribution >= 0.6 is 11.6 Å². The number of halogens is 1. The van der Waals surface area contributed by atoms with Crippen molar-refractivity contribution in [3.63, 3.8) is 0 Å². The molecule has 0 saturated carbocycles. The summed E-state index contributed by atoms with van der Waals surface area (Å²) in [7, 11) is 1.48. The summed E-state index contributed by atoms with van der Waals surface area (Å²) in [5.74, 6) is 1.32. The first-order valence-electron chi connectivity index (χ1n) is 10.4. The topological polar surface area (TPSA) is 77.8 Å². The van der Waals surface area contributed by atoms with Crippen molar-refractivity contribution >= 4 is 23.6 Å². The number of esters is 1. The first kappa shape index (κ1) is 25.1. The van der Waals surface area contributed by atoms with Crippen LogP contribution in [0.2, 0.25) is 5.02 Å². The summed E-state index contributed by atoms with van der Waals surface area (Å²) in [4.78, 5) is 11.8. The quantitative estimate of drug-likeness (QED) is 0.184. The molecule has 170 valence electrons. The smallest absolute Gasteiger partial charge is 0.348 e. The largest absolute Gasteiger partial charge is 0.493 e. The molecule has 0 fully saturated rings. The van der Waals surface area contributed by atoms with Gasteiger partial charge in [-0.05, 0) is 60.7 Å². The summed E-state index contributed by atoms with van der Waals surface area (Å²) in [6.07, 6.45) is 2.48. The number of hydrogen-bond donors (Lipinski definition) is 0. The molecule has 0 N–H and O–H groups in total. The van der Waals surface area contributed by atoms with Crippen LogP contribution < -0.4 is 14.2 Å². The van der Waals surface area contributed by atoms with E-state index in [-0.39, 0.29) is 23.8 Å². The van der Waals surface area contributed by atoms with Crippen LogP contribution in [0.4, 0.5) is 0 Å². The molecule has 7 heteroatoms. The highest BCUT2D eigenvalue weighted by atomic mass is 35.5. The summed E-state index contributed by atoms with van der Waals surface area (Å²) in [5, 5.41) is 9.49. The molecule has 0 aromatic heterocycles. The maximum absolute atomic E-state index is 11.8. The number of hydrogen-bond acceptors (Lipinski definition) is 6. The van der Waals surface area contributed by atoms with Crippen LogP contribution in [0.25, 0.3) is 6.08 Å². The standard InChI is InChI=1S/C25H28ClNO5/c1-5-17(3)19-7-9-21(10-8-19)31-11-12-32-24-22(26)14-18(15-23(24)29-4)13-20(16-27)25(28)30-6-2/h7-10,13-15,17H,5-6,11-12H2,1-4H3. The van der Waals surface area contributed by atoms with Gasteiger partial charge in [-0.2, -0.15) is 5.26 Å². The average molecular weight is 458 g/mol. The van der Waals surface area contributed by atoms with Gasteiger partial charge in [0.2, 0.25) is 0 Å². The molecule has 0 saturated heterocycles. The first-order chi connectivity index (χ1) is 15.4. The Hall–Kier alpha value is -3.17. The zero-order chi connectivity index (χ0) is 23.5. The molecule has 2 aromatic rings. The Morgan fingerprint density at radius 2 is 1.84 bits per heavy atom. The van der Waals surface area contributed by atoms with Gasteiger partial charge in [0.1, 0.15) is 30.6 Å². The van der Waals surface area contributed by atoms with Crippen LogP contribution in [0.15, 0.2) is 42.0 Å². The number of ether oxygens (including phenoxy) is 4. The minimum atomic E-state index is -0.695. The van der Waals surface area contributed by atoms with E-state index in [9.17, 15) is 10.1 Å². The van der Waals surface area contributed by atoms with Crippen LogP contribution in [0, 0.1) is 11.3 Å². The second-order valence-corrected chi connectivity index (χ2v) is 7.41. The average Bonchev–Trinajstić information content (AvgIpc) is 2.80. The lowest BCUT2D eigenvalue weighted by Gasteiger charge is -2.14. The van der Waals surface area contributed by atoms with Gasteiger partial charge in [0.25, 0.3) is 0 Å². The molecule has 0 heterocycles. The molecule has 0 aliphatic rings. The van der Waals surface area contributed by atoms with E-state index in [0.29, 0.717) is 29.6 Å². The van der Waals surface area contributed by atoms with E-state index in [1.54, 1.807) is 19.1 Å². The molecular weight excluding hydrogens is 430 g/mol. The number of carbonyl (C=O) groups is 1. The fourth-order valence-corrected chi connectivity index (χ4v) is 3.18. The third kappa shape index (κ3) is 6.93. The molecule has 2 rings (SSSR count). The maximum Gasteiger partial charge on any atom is 0.348 e. The van der Waals surface area contributed by atoms with Crippen LogP contribution in [-0.4, -0.2) is 32.9 Å². The lowest BCUT2D eigenvalue weighted by Crippen LogP contribution is -2.10. The van der Waals surface area contributed by atoms with E-state index in [1.165, 1.54) is 18.7 Å². The van der Waals surface area contributed by atoms with E-state index in [2.05, 4.69) is 26.0 Å². The maximum atomic E-state index is 11.8. The molecule has 0 spiro atoms. The number of methoxy groups -OCH3 is 1. The predicted octanol–water partition coefficient (Wildman–Crippen LogP) is 5.79. The van der Waals surface area contributed by atoms with Gasteiger partial charge in [-0.15, -0.1) is 0 Å². The van der Waals surface area contributed by atoms with E-state index in [0.717, 1.165) is 12.2 Å². The normalized spacial score (nSPS) is 11.9. The zero-order valence-electron chi connectivity index (χ0n) is 18.8. The highest BCUT2D eigenvalue weighted by Gasteiger charge is 2.15. The molecule has 0 amide bonds. The van der Waals surface area contributed by atoms with E-state index in [4.69, 9.17) is 30.5 Å². The molecule has 2 aromatic carbocycles. The third-order valence-electron chi connectivity index (χ3n) is 4.84. The molecule has 0 radical (unpaired) electrons. The van der Waals surface area contributed by atoms with Crippen LogP contribution in [0.1, 0.15) is 44.2 Å². The minimum Gasteiger partial charge on any atom is -0.493 e. The van der Waals surface area contributed by atoms with Gasteiger partial charge in [0, 0.05) is 0 Å². The van der Waals surface area contributed by atoms with Gasteiger partial charge < -0.3 is 18.9 Å². The summed E-state index contributed by atoms with van der Waals surface area (Å²) < 4.78 is 21.8. The van der Waals surface area contributed by atoms with Gasteiger partial charge in [-0.3, -0.25) is 0 Å². The molecule has 0 bridgehead atoms. The van der Waals surface area contributed by atoms with Crippen molar-refractivity contribution < 1.29 is 23.7 Å². The van der Waals surface area contributed by atoms with Gasteiger partial charge >= 0.3 is 5.97 Å². The van der Waals surface area contributed by atoms with Gasteiger partial charge in [0.15, 0.2) is 11.5 Å². The lowest BCUT2D eigenvalue weighted by atomic mass is 9.99. The molecule has 6 nitrogen and oxygen atoms in total. The number of nitrogens with zero attached hydrogens (tertiary/aromatic N) is 1. The highest BCUT2D eigenvalue weighted by molar-refractivity contribution is 6.32. The minimum absolute atomic E-state index is 0.133. The van der Waals surface area contributed by atoms with E-state index in [1.807, 2.05) is 18.2 Å². The second-order valence-electron chi connectivity index (χ2n) is 7.00. The van der Waals surface area contributed by atoms with Crippen LogP contribution in [0.3, 0.4) is 0 Å². The highest BCUT2D eigenvalue weighted by Crippen LogP contribution is 2.37. The Kier molecular flexibility index (Phi) is 9.90. The Morgan fingerprint density at radius 1 is 1.16 bits per heavy atom. The van der Waals surface area contributed by atoms with E-state index >= 15 is 0 Å². The van der Waals surface area contributed by atoms with E-state index < -0.39 is 5.97 Å². The Morgan fingerprint density at radius 3 is 2.44 bits per heavy atom. The van der Waals surface area contributed by atoms with Crippen LogP contribution in [-0.2, 0) is 9.53 Å². The Bertz CT molecular complexity index is 979. The number of rotatable bonds is 11. The molecule has 1 unspecified atom stereocenters. The summed E-state index contributed by atoms with van der Waals surface area (Å²) in [6.45, 7) is 6.79. The SMILES string of the molecule is CCOC(=O)C(C#N)=Cc1cc(Cl)c(OCCOc2ccc(C(C)CC)cc2)c(OC)c1. The number of nitriles is 1. The van der Waals surface area contributed by atoms with Crippen molar-refractivity contribution in [1.29, 1.82) is 5.26 Å². The van der Waals surface area contributed by atoms with Gasteiger partial charge in [-0.25, -0.2) is 4.79 Å². The number of carbonyl (C=O) groups excluding carboxylic acids is 1. The second kappa shape index (κ2) is 12.6. The Labute approximate surface area is 194 Å². The fourth-order valence-electron chi connectivity index (χ4n) is 2.91. The summed E-state index contributed by atoms with van der Waals surface area (Å²) >= 11 is 6.36. The summed E-state index contributed by atoms with van der Waals surface area (Å²) in [5.41, 5.74) is 1.66. The third-order valence-corrected chi connectivity index (χ3v) is 5.12. The molecule has 1 atom stereocenters. The fraction of sp³-hybridized carbons (Fsp3) is 0.360. The Balaban J connectivity index is 2.03. The van der Waals surface area contributed by atoms with Gasteiger partial charge in [0.05, 0.1) is 18.7 Å². The molecular formula is C25H28ClNO5. The number of benzene rings is 2. The molecule has 0 aliphatic carbocycles. The molecule has 32 heavy (non-hydrogen) atoms. The zero-order valence-corrected chi connectivity index (χ0v) is 19.6. The lowest BCUT2D eigenvalue weighted by molar-refractivity contribution is -0.137. The monoisotopic (exact) mass is 457 g/mol. The summed E-state index contributed by atoms with van der Waals surface area (Å²) in [6, 6.07) is 13.1. The first-order valence-corrected chi connectivity index (χ1v) is 10.8. The van der Waals surface area contributed by atoms with Gasteiger partial charge in [-0.1, -0.05) is 37.6 Å². The van der Waals surface area contributed by atoms with Crippen molar-refractivity contribution in [3.05, 3.63) is 58.1 Å². The molecule has 0 aliphatic heterocycles. The predicted molar refractivity (Wildman–Crippen MR) is 124 cm³/mol.